The van der Waals surface area contributed by atoms with Crippen molar-refractivity contribution in [1.82, 2.24) is 19.3 Å². The molecule has 0 atom stereocenters. The van der Waals surface area contributed by atoms with Crippen molar-refractivity contribution in [1.29, 1.82) is 0 Å². The Morgan fingerprint density at radius 1 is 1.35 bits per heavy atom. The topological polar surface area (TPSA) is 70.9 Å². The van der Waals surface area contributed by atoms with E-state index >= 15 is 0 Å². The zero-order chi connectivity index (χ0) is 14.3. The van der Waals surface area contributed by atoms with Crippen LogP contribution in [0.3, 0.4) is 0 Å². The SMILES string of the molecule is CCOc1cccc2c1nc(N)n2-c1cn(C)nc1C. The van der Waals surface area contributed by atoms with E-state index in [2.05, 4.69) is 10.1 Å². The number of fused-ring (bicyclic) bond motifs is 1. The molecule has 2 N–H and O–H groups in total. The van der Waals surface area contributed by atoms with Crippen molar-refractivity contribution in [2.45, 2.75) is 13.8 Å². The zero-order valence-electron chi connectivity index (χ0n) is 11.8. The highest BCUT2D eigenvalue weighted by Crippen LogP contribution is 2.30. The highest BCUT2D eigenvalue weighted by molar-refractivity contribution is 5.86. The number of aromatic nitrogens is 4. The van der Waals surface area contributed by atoms with Crippen molar-refractivity contribution in [3.63, 3.8) is 0 Å². The van der Waals surface area contributed by atoms with E-state index < -0.39 is 0 Å². The number of rotatable bonds is 3. The highest BCUT2D eigenvalue weighted by Gasteiger charge is 2.16. The number of hydrogen-bond acceptors (Lipinski definition) is 4. The Labute approximate surface area is 116 Å². The van der Waals surface area contributed by atoms with E-state index in [1.807, 2.05) is 49.9 Å². The van der Waals surface area contributed by atoms with Gasteiger partial charge in [-0.3, -0.25) is 9.25 Å². The molecule has 3 rings (SSSR count). The van der Waals surface area contributed by atoms with Crippen LogP contribution >= 0.6 is 0 Å². The molecule has 0 bridgehead atoms. The minimum absolute atomic E-state index is 0.434. The largest absolute Gasteiger partial charge is 0.492 e. The van der Waals surface area contributed by atoms with Gasteiger partial charge in [0.15, 0.2) is 0 Å². The number of anilines is 1. The summed E-state index contributed by atoms with van der Waals surface area (Å²) in [7, 11) is 1.89. The Kier molecular flexibility index (Phi) is 2.85. The predicted octanol–water partition coefficient (Wildman–Crippen LogP) is 2.05. The summed E-state index contributed by atoms with van der Waals surface area (Å²) in [6.07, 6.45) is 1.93. The van der Waals surface area contributed by atoms with E-state index in [-0.39, 0.29) is 0 Å². The molecule has 0 aliphatic carbocycles. The van der Waals surface area contributed by atoms with Crippen LogP contribution in [0.2, 0.25) is 0 Å². The second-order valence-electron chi connectivity index (χ2n) is 4.64. The third-order valence-corrected chi connectivity index (χ3v) is 3.20. The number of para-hydroxylation sites is 1. The number of nitrogens with two attached hydrogens (primary N) is 1. The summed E-state index contributed by atoms with van der Waals surface area (Å²) in [5, 5.41) is 4.35. The third kappa shape index (κ3) is 1.80. The zero-order valence-corrected chi connectivity index (χ0v) is 11.8. The second kappa shape index (κ2) is 4.56. The predicted molar refractivity (Wildman–Crippen MR) is 78.2 cm³/mol. The van der Waals surface area contributed by atoms with Gasteiger partial charge in [-0.15, -0.1) is 0 Å². The van der Waals surface area contributed by atoms with Gasteiger partial charge in [-0.1, -0.05) is 6.07 Å². The summed E-state index contributed by atoms with van der Waals surface area (Å²) < 4.78 is 9.28. The lowest BCUT2D eigenvalue weighted by atomic mass is 10.3. The molecule has 6 heteroatoms. The quantitative estimate of drug-likeness (QED) is 0.791. The highest BCUT2D eigenvalue weighted by atomic mass is 16.5. The molecule has 0 unspecified atom stereocenters. The van der Waals surface area contributed by atoms with Crippen LogP contribution in [-0.2, 0) is 7.05 Å². The van der Waals surface area contributed by atoms with Gasteiger partial charge in [0.25, 0.3) is 0 Å². The van der Waals surface area contributed by atoms with Gasteiger partial charge in [0, 0.05) is 13.2 Å². The number of aryl methyl sites for hydroxylation is 2. The van der Waals surface area contributed by atoms with Crippen LogP contribution in [0.15, 0.2) is 24.4 Å². The van der Waals surface area contributed by atoms with Gasteiger partial charge in [0.1, 0.15) is 11.3 Å². The minimum atomic E-state index is 0.434. The Morgan fingerprint density at radius 2 is 2.15 bits per heavy atom. The molecule has 0 amide bonds. The fraction of sp³-hybridized carbons (Fsp3) is 0.286. The molecule has 0 fully saturated rings. The number of ether oxygens (including phenoxy) is 1. The van der Waals surface area contributed by atoms with Gasteiger partial charge in [-0.05, 0) is 26.0 Å². The van der Waals surface area contributed by atoms with Gasteiger partial charge >= 0.3 is 0 Å². The molecule has 2 heterocycles. The second-order valence-corrected chi connectivity index (χ2v) is 4.64. The van der Waals surface area contributed by atoms with Crippen molar-refractivity contribution in [3.8, 4) is 11.4 Å². The Bertz CT molecular complexity index is 771. The maximum atomic E-state index is 6.09. The molecular weight excluding hydrogens is 254 g/mol. The van der Waals surface area contributed by atoms with Gasteiger partial charge in [0.05, 0.1) is 23.5 Å². The summed E-state index contributed by atoms with van der Waals surface area (Å²) in [5.74, 6) is 1.18. The fourth-order valence-corrected chi connectivity index (χ4v) is 2.42. The van der Waals surface area contributed by atoms with E-state index in [1.54, 1.807) is 4.68 Å². The fourth-order valence-electron chi connectivity index (χ4n) is 2.42. The van der Waals surface area contributed by atoms with Crippen LogP contribution in [0, 0.1) is 6.92 Å². The van der Waals surface area contributed by atoms with E-state index in [1.165, 1.54) is 0 Å². The van der Waals surface area contributed by atoms with Crippen molar-refractivity contribution in [3.05, 3.63) is 30.1 Å². The molecule has 0 saturated heterocycles. The van der Waals surface area contributed by atoms with Crippen molar-refractivity contribution < 1.29 is 4.74 Å². The molecule has 1 aromatic carbocycles. The Morgan fingerprint density at radius 3 is 2.80 bits per heavy atom. The molecule has 0 aliphatic rings. The van der Waals surface area contributed by atoms with Crippen molar-refractivity contribution in [2.75, 3.05) is 12.3 Å². The number of hydrogen-bond donors (Lipinski definition) is 1. The van der Waals surface area contributed by atoms with Crippen LogP contribution in [0.5, 0.6) is 5.75 Å². The van der Waals surface area contributed by atoms with Gasteiger partial charge in [0.2, 0.25) is 5.95 Å². The number of imidazole rings is 1. The first kappa shape index (κ1) is 12.5. The van der Waals surface area contributed by atoms with Crippen LogP contribution in [0.25, 0.3) is 16.7 Å². The summed E-state index contributed by atoms with van der Waals surface area (Å²) in [6, 6.07) is 5.82. The molecule has 2 aromatic heterocycles. The summed E-state index contributed by atoms with van der Waals surface area (Å²) >= 11 is 0. The Balaban J connectivity index is 2.29. The van der Waals surface area contributed by atoms with E-state index in [0.29, 0.717) is 12.6 Å². The van der Waals surface area contributed by atoms with Crippen molar-refractivity contribution >= 4 is 17.0 Å². The average Bonchev–Trinajstić information content (AvgIpc) is 2.89. The molecule has 0 spiro atoms. The molecule has 0 aliphatic heterocycles. The summed E-state index contributed by atoms with van der Waals surface area (Å²) in [6.45, 7) is 4.50. The van der Waals surface area contributed by atoms with Crippen LogP contribution in [0.4, 0.5) is 5.95 Å². The first-order valence-corrected chi connectivity index (χ1v) is 6.52. The normalized spacial score (nSPS) is 11.2. The average molecular weight is 271 g/mol. The first-order valence-electron chi connectivity index (χ1n) is 6.52. The molecule has 104 valence electrons. The minimum Gasteiger partial charge on any atom is -0.492 e. The molecular formula is C14H17N5O. The molecule has 6 nitrogen and oxygen atoms in total. The summed E-state index contributed by atoms with van der Waals surface area (Å²) in [4.78, 5) is 4.44. The number of benzene rings is 1. The lowest BCUT2D eigenvalue weighted by Crippen LogP contribution is -2.00. The van der Waals surface area contributed by atoms with Crippen LogP contribution in [-0.4, -0.2) is 25.9 Å². The van der Waals surface area contributed by atoms with Crippen molar-refractivity contribution in [2.24, 2.45) is 7.05 Å². The van der Waals surface area contributed by atoms with E-state index in [0.717, 1.165) is 28.2 Å². The molecule has 0 radical (unpaired) electrons. The smallest absolute Gasteiger partial charge is 0.206 e. The van der Waals surface area contributed by atoms with Crippen LogP contribution in [0.1, 0.15) is 12.6 Å². The Hall–Kier alpha value is -2.50. The summed E-state index contributed by atoms with van der Waals surface area (Å²) in [5.41, 5.74) is 9.62. The van der Waals surface area contributed by atoms with Gasteiger partial charge < -0.3 is 10.5 Å². The van der Waals surface area contributed by atoms with E-state index in [9.17, 15) is 0 Å². The van der Waals surface area contributed by atoms with E-state index in [4.69, 9.17) is 10.5 Å². The third-order valence-electron chi connectivity index (χ3n) is 3.20. The van der Waals surface area contributed by atoms with Gasteiger partial charge in [-0.25, -0.2) is 4.98 Å². The maximum absolute atomic E-state index is 6.09. The lowest BCUT2D eigenvalue weighted by molar-refractivity contribution is 0.344. The lowest BCUT2D eigenvalue weighted by Gasteiger charge is -2.06. The van der Waals surface area contributed by atoms with Gasteiger partial charge in [-0.2, -0.15) is 5.10 Å². The van der Waals surface area contributed by atoms with Crippen LogP contribution < -0.4 is 10.5 Å². The monoisotopic (exact) mass is 271 g/mol. The maximum Gasteiger partial charge on any atom is 0.206 e. The molecule has 0 saturated carbocycles. The first-order chi connectivity index (χ1) is 9.61. The molecule has 20 heavy (non-hydrogen) atoms. The number of nitrogens with zero attached hydrogens (tertiary/aromatic N) is 4. The number of nitrogen functional groups attached to an aromatic ring is 1. The standard InChI is InChI=1S/C14H17N5O/c1-4-20-12-7-5-6-10-13(12)16-14(15)19(10)11-8-18(3)17-9(11)2/h5-8H,4H2,1-3H3,(H2,15,16). The molecule has 3 aromatic rings.